The number of methoxy groups -OCH3 is 1. The molecule has 0 saturated carbocycles. The Morgan fingerprint density at radius 2 is 2.31 bits per heavy atom. The van der Waals surface area contributed by atoms with Gasteiger partial charge in [0.25, 0.3) is 5.91 Å². The van der Waals surface area contributed by atoms with Crippen LogP contribution in [0.25, 0.3) is 0 Å². The maximum absolute atomic E-state index is 11.8. The van der Waals surface area contributed by atoms with Gasteiger partial charge in [-0.25, -0.2) is 0 Å². The molecule has 16 heavy (non-hydrogen) atoms. The second-order valence-electron chi connectivity index (χ2n) is 3.45. The number of halogens is 2. The molecule has 0 aliphatic rings. The van der Waals surface area contributed by atoms with Gasteiger partial charge in [-0.3, -0.25) is 4.79 Å². The minimum Gasteiger partial charge on any atom is -0.383 e. The Morgan fingerprint density at radius 1 is 1.62 bits per heavy atom. The predicted molar refractivity (Wildman–Crippen MR) is 68.0 cm³/mol. The highest BCUT2D eigenvalue weighted by Crippen LogP contribution is 2.20. The van der Waals surface area contributed by atoms with E-state index in [1.807, 2.05) is 6.92 Å². The molecule has 0 saturated heterocycles. The van der Waals surface area contributed by atoms with Gasteiger partial charge in [-0.1, -0.05) is 27.5 Å². The van der Waals surface area contributed by atoms with Crippen molar-refractivity contribution in [3.63, 3.8) is 0 Å². The topological polar surface area (TPSA) is 38.3 Å². The lowest BCUT2D eigenvalue weighted by Crippen LogP contribution is -2.35. The Kier molecular flexibility index (Phi) is 5.25. The number of hydrogen-bond acceptors (Lipinski definition) is 2. The summed E-state index contributed by atoms with van der Waals surface area (Å²) in [4.78, 5) is 11.8. The van der Waals surface area contributed by atoms with Crippen LogP contribution >= 0.6 is 27.5 Å². The van der Waals surface area contributed by atoms with Crippen LogP contribution in [0.3, 0.4) is 0 Å². The van der Waals surface area contributed by atoms with Gasteiger partial charge in [0, 0.05) is 17.6 Å². The molecule has 0 radical (unpaired) electrons. The number of ether oxygens (including phenoxy) is 1. The highest BCUT2D eigenvalue weighted by Gasteiger charge is 2.13. The van der Waals surface area contributed by atoms with Gasteiger partial charge in [-0.2, -0.15) is 0 Å². The quantitative estimate of drug-likeness (QED) is 0.929. The second kappa shape index (κ2) is 6.23. The predicted octanol–water partition coefficient (Wildman–Crippen LogP) is 2.87. The fourth-order valence-corrected chi connectivity index (χ4v) is 1.83. The molecule has 3 nitrogen and oxygen atoms in total. The summed E-state index contributed by atoms with van der Waals surface area (Å²) >= 11 is 9.24. The fraction of sp³-hybridized carbons (Fsp3) is 0.364. The van der Waals surface area contributed by atoms with Crippen LogP contribution in [0, 0.1) is 0 Å². The number of nitrogens with one attached hydrogen (secondary N) is 1. The van der Waals surface area contributed by atoms with Crippen LogP contribution in [0.2, 0.25) is 5.02 Å². The summed E-state index contributed by atoms with van der Waals surface area (Å²) in [5, 5.41) is 3.23. The summed E-state index contributed by atoms with van der Waals surface area (Å²) in [5.41, 5.74) is 0.457. The zero-order valence-corrected chi connectivity index (χ0v) is 11.4. The molecule has 0 spiro atoms. The zero-order chi connectivity index (χ0) is 12.1. The first-order valence-electron chi connectivity index (χ1n) is 4.79. The van der Waals surface area contributed by atoms with Gasteiger partial charge >= 0.3 is 0 Å². The molecule has 0 heterocycles. The summed E-state index contributed by atoms with van der Waals surface area (Å²) in [6.07, 6.45) is 0. The Balaban J connectivity index is 2.76. The summed E-state index contributed by atoms with van der Waals surface area (Å²) < 4.78 is 5.76. The molecule has 1 aromatic carbocycles. The van der Waals surface area contributed by atoms with Gasteiger partial charge in [-0.15, -0.1) is 0 Å². The van der Waals surface area contributed by atoms with Crippen LogP contribution in [0.1, 0.15) is 17.3 Å². The molecule has 0 aliphatic heterocycles. The van der Waals surface area contributed by atoms with E-state index in [2.05, 4.69) is 21.2 Å². The van der Waals surface area contributed by atoms with E-state index in [4.69, 9.17) is 16.3 Å². The van der Waals surface area contributed by atoms with Gasteiger partial charge in [0.05, 0.1) is 17.2 Å². The third-order valence-corrected chi connectivity index (χ3v) is 2.79. The van der Waals surface area contributed by atoms with Gasteiger partial charge in [0.1, 0.15) is 0 Å². The molecule has 0 fully saturated rings. The van der Waals surface area contributed by atoms with Gasteiger partial charge in [0.2, 0.25) is 0 Å². The highest BCUT2D eigenvalue weighted by atomic mass is 79.9. The molecule has 1 N–H and O–H groups in total. The largest absolute Gasteiger partial charge is 0.383 e. The van der Waals surface area contributed by atoms with Crippen molar-refractivity contribution < 1.29 is 9.53 Å². The lowest BCUT2D eigenvalue weighted by Gasteiger charge is -2.13. The minimum absolute atomic E-state index is 0.0486. The third kappa shape index (κ3) is 3.77. The van der Waals surface area contributed by atoms with Gasteiger partial charge in [-0.05, 0) is 25.1 Å². The molecule has 0 unspecified atom stereocenters. The van der Waals surface area contributed by atoms with Crippen LogP contribution in [0.4, 0.5) is 0 Å². The number of benzene rings is 1. The van der Waals surface area contributed by atoms with E-state index in [-0.39, 0.29) is 11.9 Å². The summed E-state index contributed by atoms with van der Waals surface area (Å²) in [6, 6.07) is 5.11. The van der Waals surface area contributed by atoms with Crippen molar-refractivity contribution in [2.24, 2.45) is 0 Å². The molecule has 1 atom stereocenters. The fourth-order valence-electron chi connectivity index (χ4n) is 1.26. The Hall–Kier alpha value is -0.580. The van der Waals surface area contributed by atoms with Crippen LogP contribution in [0.5, 0.6) is 0 Å². The number of hydrogen-bond donors (Lipinski definition) is 1. The van der Waals surface area contributed by atoms with Gasteiger partial charge in [0.15, 0.2) is 0 Å². The van der Waals surface area contributed by atoms with Crippen molar-refractivity contribution in [2.45, 2.75) is 13.0 Å². The molecular weight excluding hydrogens is 293 g/mol. The maximum Gasteiger partial charge on any atom is 0.253 e. The van der Waals surface area contributed by atoms with E-state index in [0.29, 0.717) is 17.2 Å². The lowest BCUT2D eigenvalue weighted by atomic mass is 10.2. The molecule has 1 rings (SSSR count). The Morgan fingerprint density at radius 3 is 2.94 bits per heavy atom. The summed E-state index contributed by atoms with van der Waals surface area (Å²) in [6.45, 7) is 2.34. The van der Waals surface area contributed by atoms with E-state index >= 15 is 0 Å². The van der Waals surface area contributed by atoms with Crippen LogP contribution < -0.4 is 5.32 Å². The summed E-state index contributed by atoms with van der Waals surface area (Å²) in [7, 11) is 1.59. The first kappa shape index (κ1) is 13.5. The minimum atomic E-state index is -0.198. The van der Waals surface area contributed by atoms with Crippen molar-refractivity contribution in [3.05, 3.63) is 33.3 Å². The number of carbonyl (C=O) groups excluding carboxylic acids is 1. The standard InChI is InChI=1S/C11H13BrClNO2/c1-7(6-16-2)14-11(15)9-5-8(12)3-4-10(9)13/h3-5,7H,6H2,1-2H3,(H,14,15)/t7-/m1/s1. The van der Waals surface area contributed by atoms with Crippen LogP contribution in [-0.2, 0) is 4.74 Å². The molecule has 0 aromatic heterocycles. The monoisotopic (exact) mass is 305 g/mol. The normalized spacial score (nSPS) is 12.2. The molecule has 5 heteroatoms. The van der Waals surface area contributed by atoms with Crippen molar-refractivity contribution in [2.75, 3.05) is 13.7 Å². The lowest BCUT2D eigenvalue weighted by molar-refractivity contribution is 0.0905. The van der Waals surface area contributed by atoms with Crippen molar-refractivity contribution in [1.82, 2.24) is 5.32 Å². The van der Waals surface area contributed by atoms with Gasteiger partial charge < -0.3 is 10.1 Å². The Bertz CT molecular complexity index is 384. The average Bonchev–Trinajstić information content (AvgIpc) is 2.21. The SMILES string of the molecule is COC[C@@H](C)NC(=O)c1cc(Br)ccc1Cl. The first-order valence-corrected chi connectivity index (χ1v) is 5.96. The third-order valence-electron chi connectivity index (χ3n) is 1.97. The molecule has 1 amide bonds. The number of carbonyl (C=O) groups is 1. The summed E-state index contributed by atoms with van der Waals surface area (Å²) in [5.74, 6) is -0.198. The second-order valence-corrected chi connectivity index (χ2v) is 4.78. The highest BCUT2D eigenvalue weighted by molar-refractivity contribution is 9.10. The van der Waals surface area contributed by atoms with Crippen LogP contribution in [0.15, 0.2) is 22.7 Å². The van der Waals surface area contributed by atoms with E-state index in [1.54, 1.807) is 25.3 Å². The van der Waals surface area contributed by atoms with Crippen molar-refractivity contribution in [3.8, 4) is 0 Å². The molecule has 0 bridgehead atoms. The van der Waals surface area contributed by atoms with E-state index in [1.165, 1.54) is 0 Å². The van der Waals surface area contributed by atoms with E-state index < -0.39 is 0 Å². The average molecular weight is 307 g/mol. The molecule has 1 aromatic rings. The number of amides is 1. The maximum atomic E-state index is 11.8. The molecule has 88 valence electrons. The number of rotatable bonds is 4. The molecular formula is C11H13BrClNO2. The molecule has 0 aliphatic carbocycles. The Labute approximate surface area is 108 Å². The van der Waals surface area contributed by atoms with E-state index in [0.717, 1.165) is 4.47 Å². The van der Waals surface area contributed by atoms with E-state index in [9.17, 15) is 4.79 Å². The van der Waals surface area contributed by atoms with Crippen molar-refractivity contribution in [1.29, 1.82) is 0 Å². The van der Waals surface area contributed by atoms with Crippen LogP contribution in [-0.4, -0.2) is 25.7 Å². The first-order chi connectivity index (χ1) is 7.54. The smallest absolute Gasteiger partial charge is 0.253 e. The zero-order valence-electron chi connectivity index (χ0n) is 9.09. The van der Waals surface area contributed by atoms with Crippen molar-refractivity contribution >= 4 is 33.4 Å².